The molecule has 0 radical (unpaired) electrons. The molecule has 4 nitrogen and oxygen atoms in total. The molecular formula is C25H31N3O. The van der Waals surface area contributed by atoms with Gasteiger partial charge in [-0.1, -0.05) is 18.2 Å². The van der Waals surface area contributed by atoms with Crippen molar-refractivity contribution in [2.75, 3.05) is 19.0 Å². The zero-order chi connectivity index (χ0) is 20.2. The van der Waals surface area contributed by atoms with Crippen LogP contribution < -0.4 is 10.1 Å². The van der Waals surface area contributed by atoms with Crippen LogP contribution in [0.5, 0.6) is 5.75 Å². The van der Waals surface area contributed by atoms with Gasteiger partial charge in [0.05, 0.1) is 18.5 Å². The lowest BCUT2D eigenvalue weighted by atomic mass is 9.78. The summed E-state index contributed by atoms with van der Waals surface area (Å²) in [6.45, 7) is 5.19. The quantitative estimate of drug-likeness (QED) is 0.572. The lowest BCUT2D eigenvalue weighted by Crippen LogP contribution is -2.20. The van der Waals surface area contributed by atoms with E-state index in [0.29, 0.717) is 5.92 Å². The number of nitrogens with zero attached hydrogens (tertiary/aromatic N) is 2. The van der Waals surface area contributed by atoms with Crippen molar-refractivity contribution in [1.82, 2.24) is 9.78 Å². The Morgan fingerprint density at radius 2 is 1.86 bits per heavy atom. The molecule has 0 aliphatic heterocycles. The smallest absolute Gasteiger partial charge is 0.121 e. The van der Waals surface area contributed by atoms with Gasteiger partial charge in [-0.2, -0.15) is 5.10 Å². The van der Waals surface area contributed by atoms with E-state index in [1.54, 1.807) is 7.11 Å². The summed E-state index contributed by atoms with van der Waals surface area (Å²) in [4.78, 5) is 0. The number of methoxy groups -OCH3 is 1. The fourth-order valence-electron chi connectivity index (χ4n) is 4.43. The maximum absolute atomic E-state index is 5.40. The highest BCUT2D eigenvalue weighted by Gasteiger charge is 2.22. The first kappa shape index (κ1) is 19.6. The average molecular weight is 390 g/mol. The molecule has 152 valence electrons. The molecule has 1 heterocycles. The molecule has 0 spiro atoms. The van der Waals surface area contributed by atoms with Gasteiger partial charge in [0.15, 0.2) is 0 Å². The molecular weight excluding hydrogens is 358 g/mol. The van der Waals surface area contributed by atoms with E-state index in [0.717, 1.165) is 29.6 Å². The summed E-state index contributed by atoms with van der Waals surface area (Å²) in [6, 6.07) is 17.2. The summed E-state index contributed by atoms with van der Waals surface area (Å²) in [5.74, 6) is 2.41. The monoisotopic (exact) mass is 389 g/mol. The van der Waals surface area contributed by atoms with Crippen LogP contribution in [0, 0.1) is 19.8 Å². The maximum atomic E-state index is 5.40. The lowest BCUT2D eigenvalue weighted by Gasteiger charge is -2.29. The molecule has 4 rings (SSSR count). The number of aromatic nitrogens is 2. The third kappa shape index (κ3) is 4.64. The fourth-order valence-corrected chi connectivity index (χ4v) is 4.43. The molecule has 0 bridgehead atoms. The van der Waals surface area contributed by atoms with E-state index < -0.39 is 0 Å². The van der Waals surface area contributed by atoms with Gasteiger partial charge in [-0.25, -0.2) is 4.68 Å². The van der Waals surface area contributed by atoms with Crippen LogP contribution in [-0.2, 0) is 0 Å². The van der Waals surface area contributed by atoms with Gasteiger partial charge in [-0.05, 0) is 92.8 Å². The highest BCUT2D eigenvalue weighted by molar-refractivity contribution is 5.51. The maximum Gasteiger partial charge on any atom is 0.121 e. The van der Waals surface area contributed by atoms with Gasteiger partial charge in [0.1, 0.15) is 5.75 Å². The SMILES string of the molecule is COc1ccc(C2CCC(CNc3cccc(-n4ccc(C)n4)c3)CC2)cc1C. The van der Waals surface area contributed by atoms with Crippen molar-refractivity contribution < 1.29 is 4.74 Å². The Bertz CT molecular complexity index is 954. The largest absolute Gasteiger partial charge is 0.496 e. The van der Waals surface area contributed by atoms with E-state index in [4.69, 9.17) is 4.74 Å². The van der Waals surface area contributed by atoms with Crippen molar-refractivity contribution >= 4 is 5.69 Å². The Kier molecular flexibility index (Phi) is 5.89. The molecule has 1 aliphatic rings. The van der Waals surface area contributed by atoms with E-state index in [1.807, 2.05) is 23.9 Å². The van der Waals surface area contributed by atoms with Crippen LogP contribution in [0.15, 0.2) is 54.7 Å². The summed E-state index contributed by atoms with van der Waals surface area (Å²) in [5.41, 5.74) is 6.01. The van der Waals surface area contributed by atoms with Crippen LogP contribution in [0.2, 0.25) is 0 Å². The highest BCUT2D eigenvalue weighted by Crippen LogP contribution is 2.37. The molecule has 1 N–H and O–H groups in total. The van der Waals surface area contributed by atoms with E-state index in [2.05, 4.69) is 59.8 Å². The van der Waals surface area contributed by atoms with Crippen LogP contribution in [-0.4, -0.2) is 23.4 Å². The summed E-state index contributed by atoms with van der Waals surface area (Å²) in [7, 11) is 1.74. The second kappa shape index (κ2) is 8.73. The van der Waals surface area contributed by atoms with Crippen LogP contribution >= 0.6 is 0 Å². The number of ether oxygens (including phenoxy) is 1. The number of hydrogen-bond donors (Lipinski definition) is 1. The summed E-state index contributed by atoms with van der Waals surface area (Å²) < 4.78 is 7.34. The normalized spacial score (nSPS) is 19.1. The molecule has 1 aliphatic carbocycles. The Morgan fingerprint density at radius 1 is 1.03 bits per heavy atom. The molecule has 0 amide bonds. The van der Waals surface area contributed by atoms with Gasteiger partial charge in [-0.3, -0.25) is 0 Å². The highest BCUT2D eigenvalue weighted by atomic mass is 16.5. The Hall–Kier alpha value is -2.75. The van der Waals surface area contributed by atoms with Crippen molar-refractivity contribution in [3.63, 3.8) is 0 Å². The number of anilines is 1. The predicted octanol–water partition coefficient (Wildman–Crippen LogP) is 5.88. The topological polar surface area (TPSA) is 39.1 Å². The van der Waals surface area contributed by atoms with E-state index >= 15 is 0 Å². The average Bonchev–Trinajstić information content (AvgIpc) is 3.19. The van der Waals surface area contributed by atoms with Crippen molar-refractivity contribution in [3.05, 3.63) is 71.5 Å². The summed E-state index contributed by atoms with van der Waals surface area (Å²) in [6.07, 6.45) is 7.10. The standard InChI is InChI=1S/C25H31N3O/c1-18-15-22(11-12-25(18)29-3)21-9-7-20(8-10-21)17-26-23-5-4-6-24(16-23)28-14-13-19(2)27-28/h4-6,11-16,20-21,26H,7-10,17H2,1-3H3. The molecule has 4 heteroatoms. The Labute approximate surface area is 173 Å². The number of hydrogen-bond acceptors (Lipinski definition) is 3. The van der Waals surface area contributed by atoms with E-state index in [9.17, 15) is 0 Å². The molecule has 0 saturated heterocycles. The van der Waals surface area contributed by atoms with Crippen LogP contribution in [0.3, 0.4) is 0 Å². The minimum atomic E-state index is 0.683. The summed E-state index contributed by atoms with van der Waals surface area (Å²) >= 11 is 0. The Morgan fingerprint density at radius 3 is 2.55 bits per heavy atom. The summed E-state index contributed by atoms with van der Waals surface area (Å²) in [5, 5.41) is 8.16. The third-order valence-electron chi connectivity index (χ3n) is 6.17. The van der Waals surface area contributed by atoms with Gasteiger partial charge >= 0.3 is 0 Å². The van der Waals surface area contributed by atoms with Gasteiger partial charge in [-0.15, -0.1) is 0 Å². The molecule has 29 heavy (non-hydrogen) atoms. The first-order valence-corrected chi connectivity index (χ1v) is 10.6. The van der Waals surface area contributed by atoms with Crippen LogP contribution in [0.1, 0.15) is 48.4 Å². The minimum absolute atomic E-state index is 0.683. The number of nitrogens with one attached hydrogen (secondary N) is 1. The van der Waals surface area contributed by atoms with E-state index in [-0.39, 0.29) is 0 Å². The molecule has 2 aromatic carbocycles. The van der Waals surface area contributed by atoms with Crippen LogP contribution in [0.25, 0.3) is 5.69 Å². The van der Waals surface area contributed by atoms with Gasteiger partial charge in [0.2, 0.25) is 0 Å². The Balaban J connectivity index is 1.31. The third-order valence-corrected chi connectivity index (χ3v) is 6.17. The molecule has 1 fully saturated rings. The second-order valence-electron chi connectivity index (χ2n) is 8.28. The van der Waals surface area contributed by atoms with Crippen molar-refractivity contribution in [2.24, 2.45) is 5.92 Å². The number of aryl methyl sites for hydroxylation is 2. The number of benzene rings is 2. The predicted molar refractivity (Wildman–Crippen MR) is 119 cm³/mol. The van der Waals surface area contributed by atoms with Crippen molar-refractivity contribution in [1.29, 1.82) is 0 Å². The molecule has 3 aromatic rings. The van der Waals surface area contributed by atoms with Crippen molar-refractivity contribution in [3.8, 4) is 11.4 Å². The molecule has 0 atom stereocenters. The minimum Gasteiger partial charge on any atom is -0.496 e. The zero-order valence-corrected chi connectivity index (χ0v) is 17.7. The van der Waals surface area contributed by atoms with Gasteiger partial charge < -0.3 is 10.1 Å². The van der Waals surface area contributed by atoms with Crippen molar-refractivity contribution in [2.45, 2.75) is 45.4 Å². The van der Waals surface area contributed by atoms with Gasteiger partial charge in [0.25, 0.3) is 0 Å². The first-order chi connectivity index (χ1) is 14.1. The fraction of sp³-hybridized carbons (Fsp3) is 0.400. The second-order valence-corrected chi connectivity index (χ2v) is 8.28. The van der Waals surface area contributed by atoms with Gasteiger partial charge in [0, 0.05) is 18.4 Å². The molecule has 1 saturated carbocycles. The molecule has 0 unspecified atom stereocenters. The van der Waals surface area contributed by atoms with Crippen LogP contribution in [0.4, 0.5) is 5.69 Å². The first-order valence-electron chi connectivity index (χ1n) is 10.6. The zero-order valence-electron chi connectivity index (χ0n) is 17.7. The molecule has 1 aromatic heterocycles. The lowest BCUT2D eigenvalue weighted by molar-refractivity contribution is 0.338. The number of rotatable bonds is 6. The van der Waals surface area contributed by atoms with E-state index in [1.165, 1.54) is 42.5 Å².